The minimum Gasteiger partial charge on any atom is -0.473 e. The number of hydrogen-bond donors (Lipinski definition) is 1. The lowest BCUT2D eigenvalue weighted by atomic mass is 9.79. The maximum atomic E-state index is 10.8. The SMILES string of the molecule is COB1OCc2cc(Nc3ccc(C#N)c(OCCOC(C)=O)n3)ccc21. The molecule has 8 nitrogen and oxygen atoms in total. The Morgan fingerprint density at radius 1 is 1.37 bits per heavy atom. The van der Waals surface area contributed by atoms with Gasteiger partial charge in [0, 0.05) is 19.7 Å². The van der Waals surface area contributed by atoms with Gasteiger partial charge < -0.3 is 24.1 Å². The molecule has 0 aliphatic carbocycles. The Balaban J connectivity index is 1.71. The molecule has 3 rings (SSSR count). The van der Waals surface area contributed by atoms with Crippen LogP contribution in [0.3, 0.4) is 0 Å². The van der Waals surface area contributed by atoms with Crippen LogP contribution in [0.4, 0.5) is 11.5 Å². The van der Waals surface area contributed by atoms with E-state index >= 15 is 0 Å². The molecule has 0 atom stereocenters. The molecule has 2 heterocycles. The number of benzene rings is 1. The summed E-state index contributed by atoms with van der Waals surface area (Å²) < 4.78 is 21.1. The first-order valence-corrected chi connectivity index (χ1v) is 8.32. The largest absolute Gasteiger partial charge is 0.494 e. The van der Waals surface area contributed by atoms with Gasteiger partial charge in [-0.3, -0.25) is 4.79 Å². The minimum absolute atomic E-state index is 0.0883. The molecule has 138 valence electrons. The Morgan fingerprint density at radius 3 is 2.96 bits per heavy atom. The molecule has 1 aromatic heterocycles. The van der Waals surface area contributed by atoms with Crippen molar-refractivity contribution >= 4 is 30.1 Å². The Kier molecular flexibility index (Phi) is 5.91. The van der Waals surface area contributed by atoms with Gasteiger partial charge in [0.1, 0.15) is 30.7 Å². The van der Waals surface area contributed by atoms with Gasteiger partial charge in [-0.1, -0.05) is 6.07 Å². The lowest BCUT2D eigenvalue weighted by Crippen LogP contribution is -2.30. The maximum Gasteiger partial charge on any atom is 0.494 e. The number of anilines is 2. The lowest BCUT2D eigenvalue weighted by molar-refractivity contribution is -0.141. The fourth-order valence-electron chi connectivity index (χ4n) is 2.67. The van der Waals surface area contributed by atoms with E-state index < -0.39 is 5.97 Å². The third-order valence-electron chi connectivity index (χ3n) is 3.88. The zero-order chi connectivity index (χ0) is 19.2. The molecule has 0 saturated heterocycles. The summed E-state index contributed by atoms with van der Waals surface area (Å²) in [4.78, 5) is 15.1. The fourth-order valence-corrected chi connectivity index (χ4v) is 2.67. The minimum atomic E-state index is -0.390. The number of esters is 1. The summed E-state index contributed by atoms with van der Waals surface area (Å²) in [5, 5.41) is 12.4. The van der Waals surface area contributed by atoms with Crippen molar-refractivity contribution in [2.75, 3.05) is 25.6 Å². The first kappa shape index (κ1) is 18.7. The summed E-state index contributed by atoms with van der Waals surface area (Å²) in [6, 6.07) is 11.2. The van der Waals surface area contributed by atoms with Crippen LogP contribution in [0.1, 0.15) is 18.1 Å². The van der Waals surface area contributed by atoms with Crippen LogP contribution in [0.25, 0.3) is 0 Å². The third-order valence-corrected chi connectivity index (χ3v) is 3.88. The maximum absolute atomic E-state index is 10.8. The molecule has 0 unspecified atom stereocenters. The summed E-state index contributed by atoms with van der Waals surface area (Å²) in [6.07, 6.45) is 0. The first-order chi connectivity index (χ1) is 13.1. The van der Waals surface area contributed by atoms with Crippen LogP contribution in [0.2, 0.25) is 0 Å². The van der Waals surface area contributed by atoms with Crippen LogP contribution < -0.4 is 15.5 Å². The Hall–Kier alpha value is -3.09. The predicted molar refractivity (Wildman–Crippen MR) is 98.0 cm³/mol. The van der Waals surface area contributed by atoms with E-state index in [0.717, 1.165) is 16.7 Å². The number of hydrogen-bond acceptors (Lipinski definition) is 8. The Labute approximate surface area is 157 Å². The molecule has 0 spiro atoms. The van der Waals surface area contributed by atoms with Crippen molar-refractivity contribution < 1.29 is 23.6 Å². The van der Waals surface area contributed by atoms with E-state index in [1.165, 1.54) is 6.92 Å². The molecule has 1 aliphatic rings. The number of nitriles is 1. The zero-order valence-corrected chi connectivity index (χ0v) is 15.0. The van der Waals surface area contributed by atoms with E-state index in [4.69, 9.17) is 18.8 Å². The summed E-state index contributed by atoms with van der Waals surface area (Å²) in [6.45, 7) is 2.00. The summed E-state index contributed by atoms with van der Waals surface area (Å²) >= 11 is 0. The van der Waals surface area contributed by atoms with Crippen LogP contribution in [0.5, 0.6) is 5.88 Å². The number of carbonyl (C=O) groups is 1. The number of nitrogens with one attached hydrogen (secondary N) is 1. The molecule has 0 fully saturated rings. The van der Waals surface area contributed by atoms with Crippen LogP contribution in [-0.2, 0) is 25.4 Å². The number of pyridine rings is 1. The molecule has 1 aromatic carbocycles. The van der Waals surface area contributed by atoms with Gasteiger partial charge in [-0.2, -0.15) is 10.2 Å². The van der Waals surface area contributed by atoms with Gasteiger partial charge in [0.15, 0.2) is 0 Å². The molecule has 9 heteroatoms. The lowest BCUT2D eigenvalue weighted by Gasteiger charge is -2.11. The topological polar surface area (TPSA) is 103 Å². The normalized spacial score (nSPS) is 12.3. The third kappa shape index (κ3) is 4.55. The summed E-state index contributed by atoms with van der Waals surface area (Å²) in [5.41, 5.74) is 3.18. The van der Waals surface area contributed by atoms with E-state index in [1.54, 1.807) is 19.2 Å². The zero-order valence-electron chi connectivity index (χ0n) is 15.0. The number of fused-ring (bicyclic) bond motifs is 1. The molecule has 0 amide bonds. The van der Waals surface area contributed by atoms with Gasteiger partial charge in [-0.25, -0.2) is 0 Å². The molecular formula is C18H18BN3O5. The Bertz CT molecular complexity index is 884. The predicted octanol–water partition coefficient (Wildman–Crippen LogP) is 1.51. The van der Waals surface area contributed by atoms with Crippen molar-refractivity contribution in [2.45, 2.75) is 13.5 Å². The number of nitrogens with zero attached hydrogens (tertiary/aromatic N) is 2. The molecule has 2 aromatic rings. The number of rotatable bonds is 7. The summed E-state index contributed by atoms with van der Waals surface area (Å²) in [7, 11) is 1.27. The van der Waals surface area contributed by atoms with E-state index in [1.807, 2.05) is 24.3 Å². The van der Waals surface area contributed by atoms with Crippen LogP contribution in [0, 0.1) is 11.3 Å². The van der Waals surface area contributed by atoms with Crippen molar-refractivity contribution in [3.63, 3.8) is 0 Å². The standard InChI is InChI=1S/C18H18BN3O5/c1-12(23)25-7-8-26-18-13(10-20)3-6-17(22-18)21-15-4-5-16-14(9-15)11-27-19(16)24-2/h3-6,9H,7-8,11H2,1-2H3,(H,21,22). The van der Waals surface area contributed by atoms with Gasteiger partial charge in [-0.05, 0) is 35.3 Å². The number of ether oxygens (including phenoxy) is 2. The van der Waals surface area contributed by atoms with Gasteiger partial charge >= 0.3 is 13.1 Å². The fraction of sp³-hybridized carbons (Fsp3) is 0.278. The monoisotopic (exact) mass is 367 g/mol. The average Bonchev–Trinajstić information content (AvgIpc) is 3.07. The van der Waals surface area contributed by atoms with Crippen molar-refractivity contribution in [1.29, 1.82) is 5.26 Å². The van der Waals surface area contributed by atoms with E-state index in [9.17, 15) is 10.1 Å². The van der Waals surface area contributed by atoms with Crippen LogP contribution >= 0.6 is 0 Å². The average molecular weight is 367 g/mol. The summed E-state index contributed by atoms with van der Waals surface area (Å²) in [5.74, 6) is 0.316. The van der Waals surface area contributed by atoms with E-state index in [-0.39, 0.29) is 26.2 Å². The van der Waals surface area contributed by atoms with Gasteiger partial charge in [0.05, 0.1) is 6.61 Å². The van der Waals surface area contributed by atoms with Crippen molar-refractivity contribution in [3.8, 4) is 11.9 Å². The second-order valence-electron chi connectivity index (χ2n) is 5.77. The number of carbonyl (C=O) groups excluding carboxylic acids is 1. The van der Waals surface area contributed by atoms with E-state index in [2.05, 4.69) is 10.3 Å². The highest BCUT2D eigenvalue weighted by Crippen LogP contribution is 2.23. The Morgan fingerprint density at radius 2 is 2.22 bits per heavy atom. The molecule has 27 heavy (non-hydrogen) atoms. The van der Waals surface area contributed by atoms with Gasteiger partial charge in [0.2, 0.25) is 5.88 Å². The van der Waals surface area contributed by atoms with Crippen molar-refractivity contribution in [3.05, 3.63) is 41.5 Å². The molecule has 0 saturated carbocycles. The smallest absolute Gasteiger partial charge is 0.473 e. The van der Waals surface area contributed by atoms with Crippen molar-refractivity contribution in [2.24, 2.45) is 0 Å². The highest BCUT2D eigenvalue weighted by Gasteiger charge is 2.29. The second-order valence-corrected chi connectivity index (χ2v) is 5.77. The van der Waals surface area contributed by atoms with Crippen LogP contribution in [-0.4, -0.2) is 38.4 Å². The molecule has 1 N–H and O–H groups in total. The second kappa shape index (κ2) is 8.53. The molecule has 1 aliphatic heterocycles. The molecule has 0 radical (unpaired) electrons. The quantitative estimate of drug-likeness (QED) is 0.446. The van der Waals surface area contributed by atoms with Gasteiger partial charge in [-0.15, -0.1) is 0 Å². The van der Waals surface area contributed by atoms with Crippen molar-refractivity contribution in [1.82, 2.24) is 4.98 Å². The highest BCUT2D eigenvalue weighted by atomic mass is 16.6. The van der Waals surface area contributed by atoms with E-state index in [0.29, 0.717) is 18.0 Å². The first-order valence-electron chi connectivity index (χ1n) is 8.32. The number of aromatic nitrogens is 1. The molecular weight excluding hydrogens is 349 g/mol. The van der Waals surface area contributed by atoms with Gasteiger partial charge in [0.25, 0.3) is 0 Å². The van der Waals surface area contributed by atoms with Crippen LogP contribution in [0.15, 0.2) is 30.3 Å². The highest BCUT2D eigenvalue weighted by molar-refractivity contribution is 6.62. The molecule has 0 bridgehead atoms.